The molecule has 2 nitrogen and oxygen atoms in total. The predicted molar refractivity (Wildman–Crippen MR) is 82.8 cm³/mol. The molecule has 0 spiro atoms. The van der Waals surface area contributed by atoms with Crippen LogP contribution >= 0.6 is 27.5 Å². The van der Waals surface area contributed by atoms with Crippen molar-refractivity contribution in [2.24, 2.45) is 5.73 Å². The predicted octanol–water partition coefficient (Wildman–Crippen LogP) is 4.35. The van der Waals surface area contributed by atoms with Crippen LogP contribution in [0.3, 0.4) is 0 Å². The van der Waals surface area contributed by atoms with Gasteiger partial charge in [-0.25, -0.2) is 0 Å². The summed E-state index contributed by atoms with van der Waals surface area (Å²) in [6.07, 6.45) is 0.768. The first-order valence-electron chi connectivity index (χ1n) is 5.93. The Kier molecular flexibility index (Phi) is 4.86. The van der Waals surface area contributed by atoms with E-state index in [1.807, 2.05) is 42.5 Å². The smallest absolute Gasteiger partial charge is 0.133 e. The van der Waals surface area contributed by atoms with Crippen molar-refractivity contribution in [1.29, 1.82) is 0 Å². The van der Waals surface area contributed by atoms with Gasteiger partial charge >= 0.3 is 0 Å². The number of nitrogens with two attached hydrogens (primary N) is 1. The highest BCUT2D eigenvalue weighted by atomic mass is 79.9. The fourth-order valence-electron chi connectivity index (χ4n) is 1.92. The maximum atomic E-state index is 6.21. The van der Waals surface area contributed by atoms with Gasteiger partial charge in [-0.15, -0.1) is 0 Å². The molecule has 2 rings (SSSR count). The molecule has 100 valence electrons. The van der Waals surface area contributed by atoms with Crippen LogP contribution in [0.1, 0.15) is 17.2 Å². The van der Waals surface area contributed by atoms with E-state index in [1.54, 1.807) is 7.11 Å². The second kappa shape index (κ2) is 6.42. The average molecular weight is 341 g/mol. The summed E-state index contributed by atoms with van der Waals surface area (Å²) >= 11 is 9.35. The van der Waals surface area contributed by atoms with Crippen LogP contribution in [-0.2, 0) is 6.42 Å². The van der Waals surface area contributed by atoms with E-state index >= 15 is 0 Å². The summed E-state index contributed by atoms with van der Waals surface area (Å²) < 4.78 is 6.15. The number of rotatable bonds is 4. The van der Waals surface area contributed by atoms with Gasteiger partial charge in [-0.1, -0.05) is 29.8 Å². The normalized spacial score (nSPS) is 12.2. The van der Waals surface area contributed by atoms with E-state index in [0.29, 0.717) is 0 Å². The third-order valence-electron chi connectivity index (χ3n) is 2.97. The zero-order valence-electron chi connectivity index (χ0n) is 10.6. The molecule has 19 heavy (non-hydrogen) atoms. The van der Waals surface area contributed by atoms with Crippen molar-refractivity contribution in [2.45, 2.75) is 12.5 Å². The van der Waals surface area contributed by atoms with Crippen LogP contribution < -0.4 is 10.5 Å². The Morgan fingerprint density at radius 3 is 2.47 bits per heavy atom. The minimum atomic E-state index is -0.0439. The Morgan fingerprint density at radius 1 is 1.21 bits per heavy atom. The Hall–Kier alpha value is -1.03. The number of ether oxygens (including phenoxy) is 1. The van der Waals surface area contributed by atoms with Crippen molar-refractivity contribution in [2.75, 3.05) is 7.11 Å². The number of hydrogen-bond acceptors (Lipinski definition) is 2. The number of halogens is 2. The van der Waals surface area contributed by atoms with E-state index in [4.69, 9.17) is 22.1 Å². The van der Waals surface area contributed by atoms with Gasteiger partial charge in [-0.2, -0.15) is 0 Å². The molecule has 0 radical (unpaired) electrons. The van der Waals surface area contributed by atoms with E-state index in [1.165, 1.54) is 0 Å². The van der Waals surface area contributed by atoms with E-state index in [2.05, 4.69) is 15.9 Å². The maximum Gasteiger partial charge on any atom is 0.133 e. The third kappa shape index (κ3) is 3.72. The molecule has 2 aromatic rings. The summed E-state index contributed by atoms with van der Waals surface area (Å²) in [6.45, 7) is 0. The topological polar surface area (TPSA) is 35.2 Å². The van der Waals surface area contributed by atoms with E-state index in [0.717, 1.165) is 32.8 Å². The lowest BCUT2D eigenvalue weighted by atomic mass is 10.00. The van der Waals surface area contributed by atoms with Crippen molar-refractivity contribution in [3.05, 3.63) is 63.1 Å². The van der Waals surface area contributed by atoms with Gasteiger partial charge in [0.05, 0.1) is 11.6 Å². The molecule has 0 aliphatic rings. The van der Waals surface area contributed by atoms with Gasteiger partial charge in [0.1, 0.15) is 5.75 Å². The fraction of sp³-hybridized carbons (Fsp3) is 0.200. The third-order valence-corrected chi connectivity index (χ3v) is 3.84. The van der Waals surface area contributed by atoms with Crippen molar-refractivity contribution < 1.29 is 4.74 Å². The molecule has 0 aromatic heterocycles. The highest BCUT2D eigenvalue weighted by Gasteiger charge is 2.09. The summed E-state index contributed by atoms with van der Waals surface area (Å²) in [5.41, 5.74) is 8.45. The van der Waals surface area contributed by atoms with Crippen molar-refractivity contribution in [3.8, 4) is 5.75 Å². The zero-order chi connectivity index (χ0) is 13.8. The van der Waals surface area contributed by atoms with Crippen LogP contribution in [0, 0.1) is 0 Å². The molecule has 0 fully saturated rings. The standard InChI is InChI=1S/C15H15BrClNO/c1-19-15-7-2-10(8-13(15)16)9-14(18)11-3-5-12(17)6-4-11/h2-8,14H,9,18H2,1H3. The Labute approximate surface area is 126 Å². The second-order valence-electron chi connectivity index (χ2n) is 4.33. The lowest BCUT2D eigenvalue weighted by Gasteiger charge is -2.13. The van der Waals surface area contributed by atoms with Gasteiger partial charge in [0, 0.05) is 11.1 Å². The molecule has 4 heteroatoms. The maximum absolute atomic E-state index is 6.21. The first-order chi connectivity index (χ1) is 9.10. The van der Waals surface area contributed by atoms with E-state index in [9.17, 15) is 0 Å². The summed E-state index contributed by atoms with van der Waals surface area (Å²) in [5.74, 6) is 0.823. The van der Waals surface area contributed by atoms with Crippen LogP contribution in [0.2, 0.25) is 5.02 Å². The second-order valence-corrected chi connectivity index (χ2v) is 5.62. The lowest BCUT2D eigenvalue weighted by molar-refractivity contribution is 0.412. The van der Waals surface area contributed by atoms with Crippen LogP contribution in [0.4, 0.5) is 0 Å². The summed E-state index contributed by atoms with van der Waals surface area (Å²) in [5, 5.41) is 0.725. The van der Waals surface area contributed by atoms with Crippen LogP contribution in [-0.4, -0.2) is 7.11 Å². The monoisotopic (exact) mass is 339 g/mol. The van der Waals surface area contributed by atoms with Gasteiger partial charge in [0.15, 0.2) is 0 Å². The Bertz CT molecular complexity index is 557. The Morgan fingerprint density at radius 2 is 1.89 bits per heavy atom. The minimum Gasteiger partial charge on any atom is -0.496 e. The molecule has 0 aliphatic carbocycles. The molecule has 0 saturated heterocycles. The van der Waals surface area contributed by atoms with E-state index in [-0.39, 0.29) is 6.04 Å². The molecule has 1 unspecified atom stereocenters. The van der Waals surface area contributed by atoms with Crippen LogP contribution in [0.25, 0.3) is 0 Å². The van der Waals surface area contributed by atoms with E-state index < -0.39 is 0 Å². The SMILES string of the molecule is COc1ccc(CC(N)c2ccc(Cl)cc2)cc1Br. The Balaban J connectivity index is 2.12. The van der Waals surface area contributed by atoms with Gasteiger partial charge in [-0.3, -0.25) is 0 Å². The summed E-state index contributed by atoms with van der Waals surface area (Å²) in [7, 11) is 1.65. The van der Waals surface area contributed by atoms with Gasteiger partial charge in [-0.05, 0) is 57.7 Å². The summed E-state index contributed by atoms with van der Waals surface area (Å²) in [6, 6.07) is 13.6. The zero-order valence-corrected chi connectivity index (χ0v) is 12.9. The molecule has 0 amide bonds. The van der Waals surface area contributed by atoms with Crippen molar-refractivity contribution >= 4 is 27.5 Å². The van der Waals surface area contributed by atoms with Crippen molar-refractivity contribution in [3.63, 3.8) is 0 Å². The quantitative estimate of drug-likeness (QED) is 0.898. The average Bonchev–Trinajstić information content (AvgIpc) is 2.39. The number of hydrogen-bond donors (Lipinski definition) is 1. The fourth-order valence-corrected chi connectivity index (χ4v) is 2.63. The molecule has 0 heterocycles. The van der Waals surface area contributed by atoms with Gasteiger partial charge in [0.2, 0.25) is 0 Å². The number of benzene rings is 2. The lowest BCUT2D eigenvalue weighted by Crippen LogP contribution is -2.13. The minimum absolute atomic E-state index is 0.0439. The molecular weight excluding hydrogens is 326 g/mol. The number of methoxy groups -OCH3 is 1. The summed E-state index contributed by atoms with van der Waals surface area (Å²) in [4.78, 5) is 0. The molecule has 2 aromatic carbocycles. The highest BCUT2D eigenvalue weighted by Crippen LogP contribution is 2.27. The molecule has 0 aliphatic heterocycles. The molecule has 2 N–H and O–H groups in total. The van der Waals surface area contributed by atoms with Gasteiger partial charge < -0.3 is 10.5 Å². The van der Waals surface area contributed by atoms with Gasteiger partial charge in [0.25, 0.3) is 0 Å². The molecule has 0 bridgehead atoms. The largest absolute Gasteiger partial charge is 0.496 e. The van der Waals surface area contributed by atoms with Crippen LogP contribution in [0.5, 0.6) is 5.75 Å². The highest BCUT2D eigenvalue weighted by molar-refractivity contribution is 9.10. The molecular formula is C15H15BrClNO. The first kappa shape index (κ1) is 14.4. The van der Waals surface area contributed by atoms with Crippen molar-refractivity contribution in [1.82, 2.24) is 0 Å². The first-order valence-corrected chi connectivity index (χ1v) is 7.10. The van der Waals surface area contributed by atoms with Crippen LogP contribution in [0.15, 0.2) is 46.9 Å². The molecule has 0 saturated carbocycles. The molecule has 1 atom stereocenters.